The quantitative estimate of drug-likeness (QED) is 0.792. The summed E-state index contributed by atoms with van der Waals surface area (Å²) in [5.41, 5.74) is 2.16. The van der Waals surface area contributed by atoms with E-state index < -0.39 is 0 Å². The van der Waals surface area contributed by atoms with Gasteiger partial charge in [0.05, 0.1) is 5.69 Å². The maximum atomic E-state index is 12.6. The molecule has 0 bridgehead atoms. The topological polar surface area (TPSA) is 78.4 Å². The number of thiazole rings is 1. The number of nitrogens with zero attached hydrogens (tertiary/aromatic N) is 4. The van der Waals surface area contributed by atoms with Crippen molar-refractivity contribution in [2.45, 2.75) is 39.7 Å². The molecule has 4 rings (SSSR count). The molecule has 3 heterocycles. The van der Waals surface area contributed by atoms with Crippen LogP contribution in [0.5, 0.6) is 0 Å². The summed E-state index contributed by atoms with van der Waals surface area (Å²) in [6, 6.07) is 3.85. The first kappa shape index (κ1) is 20.8. The van der Waals surface area contributed by atoms with Crippen molar-refractivity contribution in [2.24, 2.45) is 11.8 Å². The van der Waals surface area contributed by atoms with Crippen LogP contribution in [0.15, 0.2) is 24.5 Å². The van der Waals surface area contributed by atoms with Crippen LogP contribution in [0.1, 0.15) is 36.4 Å². The number of rotatable bonds is 5. The number of carbonyl (C=O) groups excluding carboxylic acids is 2. The minimum atomic E-state index is 0.00276. The highest BCUT2D eigenvalue weighted by molar-refractivity contribution is 7.15. The molecule has 1 fully saturated rings. The minimum Gasteiger partial charge on any atom is -0.352 e. The maximum absolute atomic E-state index is 12.6. The van der Waals surface area contributed by atoms with Crippen molar-refractivity contribution in [3.63, 3.8) is 0 Å². The van der Waals surface area contributed by atoms with E-state index >= 15 is 0 Å². The molecule has 0 unspecified atom stereocenters. The first-order valence-corrected chi connectivity index (χ1v) is 11.5. The summed E-state index contributed by atoms with van der Waals surface area (Å²) in [6.07, 6.45) is 5.96. The van der Waals surface area contributed by atoms with Gasteiger partial charge in [0.25, 0.3) is 0 Å². The SMILES string of the molecule is CC(C)C(=O)N1CCN(c2nc3c(s2)C[C@H](C(=O)NCc2cccnc2)CC3)CC1. The molecule has 2 aromatic heterocycles. The van der Waals surface area contributed by atoms with Crippen LogP contribution in [-0.2, 0) is 29.0 Å². The van der Waals surface area contributed by atoms with Crippen molar-refractivity contribution < 1.29 is 9.59 Å². The molecule has 2 aromatic rings. The van der Waals surface area contributed by atoms with Gasteiger partial charge in [-0.25, -0.2) is 4.98 Å². The van der Waals surface area contributed by atoms with Crippen molar-refractivity contribution in [3.05, 3.63) is 40.7 Å². The third kappa shape index (κ3) is 4.64. The number of amides is 2. The number of carbonyl (C=O) groups is 2. The fraction of sp³-hybridized carbons (Fsp3) is 0.545. The Morgan fingerprint density at radius 2 is 2.07 bits per heavy atom. The first-order valence-electron chi connectivity index (χ1n) is 10.7. The molecule has 2 aliphatic rings. The summed E-state index contributed by atoms with van der Waals surface area (Å²) >= 11 is 1.71. The van der Waals surface area contributed by atoms with Gasteiger partial charge in [-0.05, 0) is 30.9 Å². The molecule has 1 aliphatic carbocycles. The highest BCUT2D eigenvalue weighted by Crippen LogP contribution is 2.34. The van der Waals surface area contributed by atoms with Crippen LogP contribution in [0.3, 0.4) is 0 Å². The van der Waals surface area contributed by atoms with Gasteiger partial charge < -0.3 is 15.1 Å². The summed E-state index contributed by atoms with van der Waals surface area (Å²) in [7, 11) is 0. The highest BCUT2D eigenvalue weighted by atomic mass is 32.1. The Kier molecular flexibility index (Phi) is 6.32. The standard InChI is InChI=1S/C22H29N5O2S/c1-15(2)21(29)26-8-10-27(11-9-26)22-25-18-6-5-17(12-19(18)30-22)20(28)24-14-16-4-3-7-23-13-16/h3-4,7,13,15,17H,5-6,8-12,14H2,1-2H3,(H,24,28)/t17-/m1/s1. The lowest BCUT2D eigenvalue weighted by Crippen LogP contribution is -2.49. The van der Waals surface area contributed by atoms with E-state index in [1.54, 1.807) is 23.7 Å². The Bertz CT molecular complexity index is 890. The Balaban J connectivity index is 1.32. The number of aryl methyl sites for hydroxylation is 1. The molecule has 2 amide bonds. The number of pyridine rings is 1. The van der Waals surface area contributed by atoms with E-state index in [4.69, 9.17) is 4.98 Å². The van der Waals surface area contributed by atoms with Gasteiger partial charge >= 0.3 is 0 Å². The van der Waals surface area contributed by atoms with E-state index in [1.807, 2.05) is 30.9 Å². The van der Waals surface area contributed by atoms with Gasteiger partial charge in [-0.3, -0.25) is 14.6 Å². The third-order valence-electron chi connectivity index (χ3n) is 5.84. The molecule has 0 radical (unpaired) electrons. The predicted octanol–water partition coefficient (Wildman–Crippen LogP) is 2.26. The molecule has 1 saturated heterocycles. The van der Waals surface area contributed by atoms with Crippen LogP contribution in [0.25, 0.3) is 0 Å². The lowest BCUT2D eigenvalue weighted by molar-refractivity contribution is -0.134. The zero-order valence-corrected chi connectivity index (χ0v) is 18.5. The zero-order valence-electron chi connectivity index (χ0n) is 17.6. The van der Waals surface area contributed by atoms with Crippen molar-refractivity contribution in [3.8, 4) is 0 Å². The molecule has 1 aliphatic heterocycles. The molecule has 7 nitrogen and oxygen atoms in total. The van der Waals surface area contributed by atoms with Crippen molar-refractivity contribution >= 4 is 28.3 Å². The van der Waals surface area contributed by atoms with E-state index in [0.29, 0.717) is 6.54 Å². The Hall–Kier alpha value is -2.48. The molecule has 1 atom stereocenters. The summed E-state index contributed by atoms with van der Waals surface area (Å²) in [5.74, 6) is 0.390. The molecule has 1 N–H and O–H groups in total. The van der Waals surface area contributed by atoms with Gasteiger partial charge in [-0.1, -0.05) is 19.9 Å². The van der Waals surface area contributed by atoms with Gasteiger partial charge in [0.2, 0.25) is 11.8 Å². The van der Waals surface area contributed by atoms with Crippen molar-refractivity contribution in [1.29, 1.82) is 0 Å². The Labute approximate surface area is 181 Å². The summed E-state index contributed by atoms with van der Waals surface area (Å²) < 4.78 is 0. The second-order valence-electron chi connectivity index (χ2n) is 8.35. The molecular formula is C22H29N5O2S. The van der Waals surface area contributed by atoms with Gasteiger partial charge in [0.15, 0.2) is 5.13 Å². The zero-order chi connectivity index (χ0) is 21.1. The summed E-state index contributed by atoms with van der Waals surface area (Å²) in [6.45, 7) is 7.56. The average Bonchev–Trinajstić information content (AvgIpc) is 3.21. The van der Waals surface area contributed by atoms with E-state index in [0.717, 1.165) is 61.8 Å². The smallest absolute Gasteiger partial charge is 0.225 e. The summed E-state index contributed by atoms with van der Waals surface area (Å²) in [4.78, 5) is 39.3. The molecule has 160 valence electrons. The van der Waals surface area contributed by atoms with Crippen molar-refractivity contribution in [2.75, 3.05) is 31.1 Å². The number of aromatic nitrogens is 2. The lowest BCUT2D eigenvalue weighted by Gasteiger charge is -2.35. The van der Waals surface area contributed by atoms with E-state index in [1.165, 1.54) is 4.88 Å². The largest absolute Gasteiger partial charge is 0.352 e. The van der Waals surface area contributed by atoms with Crippen LogP contribution < -0.4 is 10.2 Å². The molecule has 30 heavy (non-hydrogen) atoms. The first-order chi connectivity index (χ1) is 14.5. The minimum absolute atomic E-state index is 0.00276. The Morgan fingerprint density at radius 3 is 2.77 bits per heavy atom. The van der Waals surface area contributed by atoms with Crippen molar-refractivity contribution in [1.82, 2.24) is 20.2 Å². The fourth-order valence-corrected chi connectivity index (χ4v) is 5.28. The predicted molar refractivity (Wildman–Crippen MR) is 117 cm³/mol. The fourth-order valence-electron chi connectivity index (χ4n) is 4.04. The molecule has 0 aromatic carbocycles. The second kappa shape index (κ2) is 9.12. The van der Waals surface area contributed by atoms with Crippen LogP contribution in [0.4, 0.5) is 5.13 Å². The van der Waals surface area contributed by atoms with E-state index in [9.17, 15) is 9.59 Å². The van der Waals surface area contributed by atoms with Crippen LogP contribution in [-0.4, -0.2) is 52.9 Å². The molecule has 0 spiro atoms. The van der Waals surface area contributed by atoms with Gasteiger partial charge in [0.1, 0.15) is 0 Å². The van der Waals surface area contributed by atoms with Gasteiger partial charge in [-0.15, -0.1) is 11.3 Å². The van der Waals surface area contributed by atoms with Crippen LogP contribution >= 0.6 is 11.3 Å². The number of hydrogen-bond donors (Lipinski definition) is 1. The van der Waals surface area contributed by atoms with Gasteiger partial charge in [-0.2, -0.15) is 0 Å². The molecule has 8 heteroatoms. The second-order valence-corrected chi connectivity index (χ2v) is 9.41. The van der Waals surface area contributed by atoms with E-state index in [2.05, 4.69) is 15.2 Å². The molecule has 0 saturated carbocycles. The molecular weight excluding hydrogens is 398 g/mol. The Morgan fingerprint density at radius 1 is 1.27 bits per heavy atom. The van der Waals surface area contributed by atoms with E-state index in [-0.39, 0.29) is 23.7 Å². The van der Waals surface area contributed by atoms with Gasteiger partial charge in [0, 0.05) is 61.8 Å². The van der Waals surface area contributed by atoms with Crippen LogP contribution in [0, 0.1) is 11.8 Å². The van der Waals surface area contributed by atoms with Crippen LogP contribution in [0.2, 0.25) is 0 Å². The number of hydrogen-bond acceptors (Lipinski definition) is 6. The number of fused-ring (bicyclic) bond motifs is 1. The number of anilines is 1. The highest BCUT2D eigenvalue weighted by Gasteiger charge is 2.30. The number of piperazine rings is 1. The monoisotopic (exact) mass is 427 g/mol. The third-order valence-corrected chi connectivity index (χ3v) is 7.03. The number of nitrogens with one attached hydrogen (secondary N) is 1. The maximum Gasteiger partial charge on any atom is 0.225 e. The normalized spacial score (nSPS) is 19.0. The summed E-state index contributed by atoms with van der Waals surface area (Å²) in [5, 5.41) is 4.09. The average molecular weight is 428 g/mol. The lowest BCUT2D eigenvalue weighted by atomic mass is 9.90.